The van der Waals surface area contributed by atoms with Crippen molar-refractivity contribution in [2.24, 2.45) is 5.92 Å². The second-order valence-corrected chi connectivity index (χ2v) is 8.05. The molecule has 168 valence electrons. The van der Waals surface area contributed by atoms with E-state index in [1.807, 2.05) is 0 Å². The molecule has 10 nitrogen and oxygen atoms in total. The Balaban J connectivity index is 1.53. The molecule has 30 heavy (non-hydrogen) atoms. The average molecular weight is 424 g/mol. The maximum atomic E-state index is 12.8. The molecule has 3 heterocycles. The normalized spacial score (nSPS) is 19.2. The number of anilines is 1. The Kier molecular flexibility index (Phi) is 8.20. The lowest BCUT2D eigenvalue weighted by molar-refractivity contribution is 0.0335. The molecule has 0 unspecified atom stereocenters. The van der Waals surface area contributed by atoms with Crippen LogP contribution in [0.4, 0.5) is 5.82 Å². The molecule has 0 atom stereocenters. The quantitative estimate of drug-likeness (QED) is 0.504. The number of aromatic amines is 1. The number of nitrogens with two attached hydrogens (primary N) is 1. The number of methoxy groups -OCH3 is 1. The van der Waals surface area contributed by atoms with Crippen LogP contribution < -0.4 is 17.0 Å². The number of nitrogens with zero attached hydrogens (tertiary/aromatic N) is 3. The molecule has 0 spiro atoms. The average Bonchev–Trinajstić information content (AvgIpc) is 2.73. The van der Waals surface area contributed by atoms with Gasteiger partial charge in [0.25, 0.3) is 5.56 Å². The number of H-pyrrole nitrogens is 1. The van der Waals surface area contributed by atoms with Gasteiger partial charge < -0.3 is 15.2 Å². The highest BCUT2D eigenvalue weighted by molar-refractivity contribution is 6.01. The third kappa shape index (κ3) is 5.78. The molecule has 0 radical (unpaired) electrons. The van der Waals surface area contributed by atoms with E-state index in [2.05, 4.69) is 14.8 Å². The fraction of sp³-hybridized carbons (Fsp3) is 0.750. The number of ketones is 1. The first-order valence-electron chi connectivity index (χ1n) is 10.7. The highest BCUT2D eigenvalue weighted by Gasteiger charge is 2.25. The molecule has 0 amide bonds. The number of carbonyl (C=O) groups excluding carboxylic acids is 1. The maximum absolute atomic E-state index is 12.8. The molecule has 1 aromatic rings. The predicted octanol–water partition coefficient (Wildman–Crippen LogP) is -0.618. The van der Waals surface area contributed by atoms with Crippen molar-refractivity contribution in [3.63, 3.8) is 0 Å². The summed E-state index contributed by atoms with van der Waals surface area (Å²) in [6, 6.07) is 0. The van der Waals surface area contributed by atoms with Crippen molar-refractivity contribution in [2.75, 3.05) is 71.9 Å². The van der Waals surface area contributed by atoms with Crippen LogP contribution in [0.3, 0.4) is 0 Å². The minimum absolute atomic E-state index is 0.0915. The summed E-state index contributed by atoms with van der Waals surface area (Å²) in [5, 5.41) is 0. The van der Waals surface area contributed by atoms with E-state index in [4.69, 9.17) is 15.2 Å². The Morgan fingerprint density at radius 2 is 1.83 bits per heavy atom. The van der Waals surface area contributed by atoms with Gasteiger partial charge in [0.15, 0.2) is 5.78 Å². The van der Waals surface area contributed by atoms with Crippen LogP contribution in [-0.2, 0) is 16.0 Å². The summed E-state index contributed by atoms with van der Waals surface area (Å²) in [4.78, 5) is 43.7. The van der Waals surface area contributed by atoms with Crippen LogP contribution in [0.1, 0.15) is 29.6 Å². The second-order valence-electron chi connectivity index (χ2n) is 8.05. The van der Waals surface area contributed by atoms with Crippen molar-refractivity contribution in [2.45, 2.75) is 25.8 Å². The van der Waals surface area contributed by atoms with Crippen LogP contribution in [0.25, 0.3) is 0 Å². The monoisotopic (exact) mass is 423 g/mol. The summed E-state index contributed by atoms with van der Waals surface area (Å²) in [5.41, 5.74) is 4.50. The summed E-state index contributed by atoms with van der Waals surface area (Å²) in [6.07, 6.45) is 3.24. The molecule has 0 aromatic carbocycles. The van der Waals surface area contributed by atoms with Crippen LogP contribution in [0, 0.1) is 5.92 Å². The molecule has 2 aliphatic rings. The number of hydrogen-bond donors (Lipinski definition) is 2. The number of rotatable bonds is 9. The molecule has 2 saturated heterocycles. The third-order valence-electron chi connectivity index (χ3n) is 6.07. The molecular formula is C20H33N5O5. The fourth-order valence-corrected chi connectivity index (χ4v) is 4.17. The summed E-state index contributed by atoms with van der Waals surface area (Å²) in [6.45, 7) is 6.96. The number of nitrogen functional groups attached to an aromatic ring is 1. The topological polar surface area (TPSA) is 123 Å². The zero-order valence-corrected chi connectivity index (χ0v) is 17.7. The van der Waals surface area contributed by atoms with E-state index in [1.165, 1.54) is 18.1 Å². The van der Waals surface area contributed by atoms with Gasteiger partial charge in [0.2, 0.25) is 0 Å². The Bertz CT molecular complexity index is 822. The summed E-state index contributed by atoms with van der Waals surface area (Å²) in [5.74, 6) is 0.210. The molecule has 0 aliphatic carbocycles. The lowest BCUT2D eigenvalue weighted by Gasteiger charge is -2.33. The van der Waals surface area contributed by atoms with Crippen molar-refractivity contribution in [3.05, 3.63) is 26.4 Å². The largest absolute Gasteiger partial charge is 0.384 e. The van der Waals surface area contributed by atoms with Gasteiger partial charge in [-0.2, -0.15) is 0 Å². The van der Waals surface area contributed by atoms with E-state index in [-0.39, 0.29) is 36.9 Å². The molecule has 1 aromatic heterocycles. The third-order valence-corrected chi connectivity index (χ3v) is 6.07. The van der Waals surface area contributed by atoms with E-state index in [1.54, 1.807) is 0 Å². The van der Waals surface area contributed by atoms with Gasteiger partial charge in [-0.1, -0.05) is 0 Å². The summed E-state index contributed by atoms with van der Waals surface area (Å²) < 4.78 is 11.5. The molecule has 3 rings (SSSR count). The lowest BCUT2D eigenvalue weighted by atomic mass is 9.93. The minimum atomic E-state index is -0.725. The maximum Gasteiger partial charge on any atom is 0.330 e. The van der Waals surface area contributed by atoms with E-state index >= 15 is 0 Å². The lowest BCUT2D eigenvalue weighted by Crippen LogP contribution is -2.42. The van der Waals surface area contributed by atoms with Crippen molar-refractivity contribution >= 4 is 11.6 Å². The van der Waals surface area contributed by atoms with Crippen LogP contribution in [0.2, 0.25) is 0 Å². The van der Waals surface area contributed by atoms with E-state index < -0.39 is 11.2 Å². The van der Waals surface area contributed by atoms with E-state index in [9.17, 15) is 14.4 Å². The molecule has 2 aliphatic heterocycles. The number of aromatic nitrogens is 2. The predicted molar refractivity (Wildman–Crippen MR) is 113 cm³/mol. The van der Waals surface area contributed by atoms with E-state index in [0.717, 1.165) is 58.8 Å². The van der Waals surface area contributed by atoms with Gasteiger partial charge >= 0.3 is 5.69 Å². The van der Waals surface area contributed by atoms with Crippen molar-refractivity contribution < 1.29 is 14.3 Å². The highest BCUT2D eigenvalue weighted by atomic mass is 16.5. The first-order valence-corrected chi connectivity index (χ1v) is 10.7. The van der Waals surface area contributed by atoms with Crippen molar-refractivity contribution in [1.29, 1.82) is 0 Å². The highest BCUT2D eigenvalue weighted by Crippen LogP contribution is 2.21. The summed E-state index contributed by atoms with van der Waals surface area (Å²) in [7, 11) is 1.50. The first kappa shape index (κ1) is 22.7. The van der Waals surface area contributed by atoms with Gasteiger partial charge in [-0.3, -0.25) is 28.9 Å². The molecule has 3 N–H and O–H groups in total. The van der Waals surface area contributed by atoms with Gasteiger partial charge in [-0.05, 0) is 44.8 Å². The molecule has 0 bridgehead atoms. The smallest absolute Gasteiger partial charge is 0.330 e. The summed E-state index contributed by atoms with van der Waals surface area (Å²) >= 11 is 0. The number of carbonyl (C=O) groups is 1. The van der Waals surface area contributed by atoms with Gasteiger partial charge in [-0.15, -0.1) is 0 Å². The Morgan fingerprint density at radius 3 is 2.50 bits per heavy atom. The number of morpholine rings is 1. The number of nitrogens with one attached hydrogen (secondary N) is 1. The Labute approximate surface area is 175 Å². The number of likely N-dealkylation sites (tertiary alicyclic amines) is 1. The molecule has 10 heteroatoms. The van der Waals surface area contributed by atoms with Crippen LogP contribution >= 0.6 is 0 Å². The zero-order valence-electron chi connectivity index (χ0n) is 17.7. The first-order chi connectivity index (χ1) is 14.5. The number of hydrogen-bond acceptors (Lipinski definition) is 8. The SMILES string of the molecule is COCCn1c(N)c(C(=O)CN2CCC(CCN3CCOCC3)CC2)c(=O)[nH]c1=O. The van der Waals surface area contributed by atoms with Crippen LogP contribution in [0.15, 0.2) is 9.59 Å². The van der Waals surface area contributed by atoms with Gasteiger partial charge in [0.1, 0.15) is 11.4 Å². The second kappa shape index (κ2) is 10.9. The molecule has 0 saturated carbocycles. The number of piperidine rings is 1. The minimum Gasteiger partial charge on any atom is -0.384 e. The van der Waals surface area contributed by atoms with E-state index in [0.29, 0.717) is 5.92 Å². The van der Waals surface area contributed by atoms with Crippen molar-refractivity contribution in [3.8, 4) is 0 Å². The molecule has 2 fully saturated rings. The van der Waals surface area contributed by atoms with Crippen LogP contribution in [-0.4, -0.2) is 91.3 Å². The zero-order chi connectivity index (χ0) is 21.5. The van der Waals surface area contributed by atoms with Gasteiger partial charge in [0.05, 0.1) is 32.9 Å². The van der Waals surface area contributed by atoms with Gasteiger partial charge in [0, 0.05) is 20.2 Å². The number of Topliss-reactive ketones (excluding diaryl/α,β-unsaturated/α-hetero) is 1. The standard InChI is InChI=1S/C20H33N5O5/c1-29-11-10-25-18(21)17(19(27)22-20(25)28)16(26)14-24-6-3-15(4-7-24)2-5-23-8-12-30-13-9-23/h15H,2-14,21H2,1H3,(H,22,27,28). The van der Waals surface area contributed by atoms with Gasteiger partial charge in [-0.25, -0.2) is 4.79 Å². The Morgan fingerprint density at radius 1 is 1.13 bits per heavy atom. The number of ether oxygens (including phenoxy) is 2. The van der Waals surface area contributed by atoms with Crippen molar-refractivity contribution in [1.82, 2.24) is 19.4 Å². The Hall–Kier alpha value is -2.01. The fourth-order valence-electron chi connectivity index (χ4n) is 4.17. The van der Waals surface area contributed by atoms with Crippen LogP contribution in [0.5, 0.6) is 0 Å². The molecular weight excluding hydrogens is 390 g/mol.